The maximum absolute atomic E-state index is 11.7. The molecule has 23 heavy (non-hydrogen) atoms. The van der Waals surface area contributed by atoms with Crippen molar-refractivity contribution in [3.05, 3.63) is 41.5 Å². The van der Waals surface area contributed by atoms with E-state index in [1.165, 1.54) is 11.6 Å². The minimum Gasteiger partial charge on any atom is -0.450 e. The van der Waals surface area contributed by atoms with E-state index in [1.54, 1.807) is 13.0 Å². The van der Waals surface area contributed by atoms with Crippen LogP contribution in [0.2, 0.25) is 0 Å². The molecule has 1 rings (SSSR count). The van der Waals surface area contributed by atoms with E-state index >= 15 is 0 Å². The van der Waals surface area contributed by atoms with Gasteiger partial charge in [-0.25, -0.2) is 4.79 Å². The molecule has 0 aliphatic rings. The van der Waals surface area contributed by atoms with Crippen molar-refractivity contribution in [1.29, 1.82) is 0 Å². The first-order valence-electron chi connectivity index (χ1n) is 7.80. The summed E-state index contributed by atoms with van der Waals surface area (Å²) in [4.78, 5) is 22.7. The summed E-state index contributed by atoms with van der Waals surface area (Å²) >= 11 is 0. The fourth-order valence-electron chi connectivity index (χ4n) is 1.86. The average Bonchev–Trinajstić information content (AvgIpc) is 2.49. The molecule has 2 N–H and O–H groups in total. The summed E-state index contributed by atoms with van der Waals surface area (Å²) in [6, 6.07) is 8.13. The van der Waals surface area contributed by atoms with Gasteiger partial charge in [0, 0.05) is 19.2 Å². The normalized spacial score (nSPS) is 11.3. The van der Waals surface area contributed by atoms with Gasteiger partial charge in [-0.3, -0.25) is 4.79 Å². The van der Waals surface area contributed by atoms with E-state index < -0.39 is 6.09 Å². The number of carbonyl (C=O) groups is 2. The Labute approximate surface area is 138 Å². The van der Waals surface area contributed by atoms with Crippen molar-refractivity contribution in [2.24, 2.45) is 0 Å². The number of rotatable bonds is 6. The van der Waals surface area contributed by atoms with Crippen LogP contribution in [-0.2, 0) is 14.9 Å². The molecule has 0 bridgehead atoms. The molecule has 0 saturated heterocycles. The van der Waals surface area contributed by atoms with Gasteiger partial charge in [0.25, 0.3) is 0 Å². The van der Waals surface area contributed by atoms with Crippen LogP contribution < -0.4 is 10.6 Å². The minimum absolute atomic E-state index is 0.117. The lowest BCUT2D eigenvalue weighted by molar-refractivity contribution is -0.116. The van der Waals surface area contributed by atoms with E-state index in [0.717, 1.165) is 5.56 Å². The maximum atomic E-state index is 11.7. The van der Waals surface area contributed by atoms with E-state index in [9.17, 15) is 9.59 Å². The summed E-state index contributed by atoms with van der Waals surface area (Å²) in [7, 11) is 0. The Bertz CT molecular complexity index is 542. The SMILES string of the molecule is CCOC(=O)NCCNC(=O)/C=C/c1ccc(C(C)(C)C)cc1. The van der Waals surface area contributed by atoms with Gasteiger partial charge >= 0.3 is 6.09 Å². The molecular formula is C18H26N2O3. The number of benzene rings is 1. The van der Waals surface area contributed by atoms with Crippen molar-refractivity contribution in [1.82, 2.24) is 10.6 Å². The van der Waals surface area contributed by atoms with Gasteiger partial charge in [-0.2, -0.15) is 0 Å². The summed E-state index contributed by atoms with van der Waals surface area (Å²) in [5.74, 6) is -0.199. The minimum atomic E-state index is -0.476. The molecule has 2 amide bonds. The highest BCUT2D eigenvalue weighted by molar-refractivity contribution is 5.91. The zero-order valence-corrected chi connectivity index (χ0v) is 14.3. The van der Waals surface area contributed by atoms with Gasteiger partial charge in [-0.05, 0) is 29.5 Å². The standard InChI is InChI=1S/C18H26N2O3/c1-5-23-17(22)20-13-12-19-16(21)11-8-14-6-9-15(10-7-14)18(2,3)4/h6-11H,5,12-13H2,1-4H3,(H,19,21)(H,20,22)/b11-8+. The highest BCUT2D eigenvalue weighted by Gasteiger charge is 2.12. The predicted molar refractivity (Wildman–Crippen MR) is 92.2 cm³/mol. The Kier molecular flexibility index (Phi) is 7.32. The summed E-state index contributed by atoms with van der Waals surface area (Å²) < 4.78 is 4.71. The van der Waals surface area contributed by atoms with Gasteiger partial charge in [0.1, 0.15) is 0 Å². The molecular weight excluding hydrogens is 292 g/mol. The molecule has 0 fully saturated rings. The van der Waals surface area contributed by atoms with Crippen molar-refractivity contribution in [2.45, 2.75) is 33.1 Å². The van der Waals surface area contributed by atoms with Crippen LogP contribution >= 0.6 is 0 Å². The summed E-state index contributed by atoms with van der Waals surface area (Å²) in [5, 5.41) is 5.22. The van der Waals surface area contributed by atoms with E-state index in [-0.39, 0.29) is 11.3 Å². The molecule has 0 aliphatic carbocycles. The lowest BCUT2D eigenvalue weighted by Gasteiger charge is -2.18. The second kappa shape index (κ2) is 8.98. The van der Waals surface area contributed by atoms with Crippen LogP contribution in [0.4, 0.5) is 4.79 Å². The molecule has 1 aromatic carbocycles. The molecule has 1 aromatic rings. The first-order chi connectivity index (χ1) is 10.8. The number of nitrogens with one attached hydrogen (secondary N) is 2. The Morgan fingerprint density at radius 2 is 1.70 bits per heavy atom. The molecule has 0 aromatic heterocycles. The van der Waals surface area contributed by atoms with Crippen molar-refractivity contribution in [3.63, 3.8) is 0 Å². The molecule has 0 unspecified atom stereocenters. The van der Waals surface area contributed by atoms with Crippen LogP contribution in [-0.4, -0.2) is 31.7 Å². The van der Waals surface area contributed by atoms with Crippen molar-refractivity contribution in [2.75, 3.05) is 19.7 Å². The van der Waals surface area contributed by atoms with E-state index in [0.29, 0.717) is 19.7 Å². The van der Waals surface area contributed by atoms with Crippen LogP contribution in [0.1, 0.15) is 38.8 Å². The number of hydrogen-bond donors (Lipinski definition) is 2. The van der Waals surface area contributed by atoms with Crippen LogP contribution in [0, 0.1) is 0 Å². The van der Waals surface area contributed by atoms with Crippen LogP contribution in [0.15, 0.2) is 30.3 Å². The molecule has 0 saturated carbocycles. The Morgan fingerprint density at radius 3 is 2.26 bits per heavy atom. The average molecular weight is 318 g/mol. The fourth-order valence-corrected chi connectivity index (χ4v) is 1.86. The highest BCUT2D eigenvalue weighted by atomic mass is 16.5. The molecule has 0 spiro atoms. The number of hydrogen-bond acceptors (Lipinski definition) is 3. The van der Waals surface area contributed by atoms with Gasteiger partial charge in [-0.15, -0.1) is 0 Å². The van der Waals surface area contributed by atoms with Crippen molar-refractivity contribution >= 4 is 18.1 Å². The van der Waals surface area contributed by atoms with Gasteiger partial charge in [-0.1, -0.05) is 45.0 Å². The zero-order chi connectivity index (χ0) is 17.3. The van der Waals surface area contributed by atoms with Gasteiger partial charge in [0.15, 0.2) is 0 Å². The monoisotopic (exact) mass is 318 g/mol. The summed E-state index contributed by atoms with van der Waals surface area (Å²) in [6.07, 6.45) is 2.77. The summed E-state index contributed by atoms with van der Waals surface area (Å²) in [6.45, 7) is 9.24. The number of alkyl carbamates (subject to hydrolysis) is 1. The molecule has 5 nitrogen and oxygen atoms in total. The van der Waals surface area contributed by atoms with Gasteiger partial charge in [0.2, 0.25) is 5.91 Å². The quantitative estimate of drug-likeness (QED) is 0.626. The van der Waals surface area contributed by atoms with E-state index in [2.05, 4.69) is 43.5 Å². The lowest BCUT2D eigenvalue weighted by Crippen LogP contribution is -2.34. The van der Waals surface area contributed by atoms with Gasteiger partial charge < -0.3 is 15.4 Å². The molecule has 0 heterocycles. The second-order valence-electron chi connectivity index (χ2n) is 6.14. The zero-order valence-electron chi connectivity index (χ0n) is 14.3. The fraction of sp³-hybridized carbons (Fsp3) is 0.444. The maximum Gasteiger partial charge on any atom is 0.407 e. The Morgan fingerprint density at radius 1 is 1.09 bits per heavy atom. The van der Waals surface area contributed by atoms with Crippen LogP contribution in [0.25, 0.3) is 6.08 Å². The summed E-state index contributed by atoms with van der Waals surface area (Å²) in [5.41, 5.74) is 2.34. The van der Waals surface area contributed by atoms with Gasteiger partial charge in [0.05, 0.1) is 6.61 Å². The van der Waals surface area contributed by atoms with Crippen molar-refractivity contribution < 1.29 is 14.3 Å². The third-order valence-electron chi connectivity index (χ3n) is 3.17. The number of carbonyl (C=O) groups excluding carboxylic acids is 2. The third-order valence-corrected chi connectivity index (χ3v) is 3.17. The molecule has 0 aliphatic heterocycles. The largest absolute Gasteiger partial charge is 0.450 e. The van der Waals surface area contributed by atoms with E-state index in [4.69, 9.17) is 4.74 Å². The van der Waals surface area contributed by atoms with E-state index in [1.807, 2.05) is 12.1 Å². The van der Waals surface area contributed by atoms with Crippen LogP contribution in [0.5, 0.6) is 0 Å². The number of ether oxygens (including phenoxy) is 1. The lowest BCUT2D eigenvalue weighted by atomic mass is 9.87. The second-order valence-corrected chi connectivity index (χ2v) is 6.14. The Balaban J connectivity index is 2.36. The highest BCUT2D eigenvalue weighted by Crippen LogP contribution is 2.22. The molecule has 0 radical (unpaired) electrons. The molecule has 0 atom stereocenters. The van der Waals surface area contributed by atoms with Crippen molar-refractivity contribution in [3.8, 4) is 0 Å². The Hall–Kier alpha value is -2.30. The first kappa shape index (κ1) is 18.7. The first-order valence-corrected chi connectivity index (χ1v) is 7.80. The topological polar surface area (TPSA) is 67.4 Å². The smallest absolute Gasteiger partial charge is 0.407 e. The molecule has 126 valence electrons. The predicted octanol–water partition coefficient (Wildman–Crippen LogP) is 2.86. The third kappa shape index (κ3) is 7.49. The molecule has 5 heteroatoms. The number of amides is 2. The van der Waals surface area contributed by atoms with Crippen LogP contribution in [0.3, 0.4) is 0 Å².